The largest absolute Gasteiger partial charge is 0.423 e. The molecule has 1 aliphatic heterocycles. The molecule has 0 radical (unpaired) electrons. The highest BCUT2D eigenvalue weighted by Gasteiger charge is 2.27. The van der Waals surface area contributed by atoms with Crippen LogP contribution in [0.4, 0.5) is 6.01 Å². The van der Waals surface area contributed by atoms with Crippen molar-refractivity contribution < 1.29 is 4.42 Å². The Morgan fingerprint density at radius 2 is 2.26 bits per heavy atom. The zero-order valence-corrected chi connectivity index (χ0v) is 16.0. The number of imidazole rings is 1. The molecule has 7 heteroatoms. The van der Waals surface area contributed by atoms with Crippen molar-refractivity contribution >= 4 is 28.5 Å². The number of rotatable bonds is 4. The number of nitrogens with zero attached hydrogens (tertiary/aromatic N) is 5. The summed E-state index contributed by atoms with van der Waals surface area (Å²) in [5.74, 6) is 1.49. The Hall–Kier alpha value is -2.67. The Balaban J connectivity index is 1.38. The number of aromatic nitrogens is 4. The van der Waals surface area contributed by atoms with Crippen LogP contribution in [0.25, 0.3) is 11.1 Å². The van der Waals surface area contributed by atoms with Gasteiger partial charge in [-0.1, -0.05) is 6.07 Å². The van der Waals surface area contributed by atoms with Crippen molar-refractivity contribution in [3.05, 3.63) is 58.6 Å². The van der Waals surface area contributed by atoms with Crippen LogP contribution in [-0.2, 0) is 6.54 Å². The van der Waals surface area contributed by atoms with Gasteiger partial charge in [0.1, 0.15) is 11.3 Å². The molecule has 4 heterocycles. The second-order valence-electron chi connectivity index (χ2n) is 7.15. The van der Waals surface area contributed by atoms with Gasteiger partial charge in [0.25, 0.3) is 6.01 Å². The second-order valence-corrected chi connectivity index (χ2v) is 7.86. The molecule has 1 fully saturated rings. The summed E-state index contributed by atoms with van der Waals surface area (Å²) >= 11 is 1.63. The summed E-state index contributed by atoms with van der Waals surface area (Å²) in [6, 6.07) is 6.86. The lowest BCUT2D eigenvalue weighted by atomic mass is 9.97. The average molecular weight is 379 g/mol. The van der Waals surface area contributed by atoms with Crippen LogP contribution >= 0.6 is 11.3 Å². The van der Waals surface area contributed by atoms with Crippen molar-refractivity contribution in [1.29, 1.82) is 0 Å². The fourth-order valence-corrected chi connectivity index (χ4v) is 4.38. The Morgan fingerprint density at radius 3 is 3.15 bits per heavy atom. The molecule has 0 spiro atoms. The lowest BCUT2D eigenvalue weighted by Gasteiger charge is -2.31. The molecule has 138 valence electrons. The zero-order chi connectivity index (χ0) is 18.2. The molecule has 0 saturated carbocycles. The van der Waals surface area contributed by atoms with E-state index in [1.54, 1.807) is 11.3 Å². The number of thiazole rings is 1. The molecule has 5 rings (SSSR count). The number of fused-ring (bicyclic) bond motifs is 1. The molecular formula is C20H21N5OS. The topological polar surface area (TPSA) is 60.0 Å². The summed E-state index contributed by atoms with van der Waals surface area (Å²) in [7, 11) is 0. The number of benzene rings is 1. The molecule has 3 aromatic heterocycles. The summed E-state index contributed by atoms with van der Waals surface area (Å²) < 4.78 is 8.24. The third kappa shape index (κ3) is 3.23. The van der Waals surface area contributed by atoms with Gasteiger partial charge in [0.05, 0.1) is 17.7 Å². The maximum absolute atomic E-state index is 6.02. The predicted octanol–water partition coefficient (Wildman–Crippen LogP) is 4.22. The second kappa shape index (κ2) is 6.81. The van der Waals surface area contributed by atoms with Gasteiger partial charge in [0.15, 0.2) is 5.58 Å². The Labute approximate surface area is 161 Å². The van der Waals surface area contributed by atoms with Gasteiger partial charge in [0, 0.05) is 36.8 Å². The van der Waals surface area contributed by atoms with E-state index in [9.17, 15) is 0 Å². The molecule has 1 saturated heterocycles. The number of aryl methyl sites for hydroxylation is 1. The van der Waals surface area contributed by atoms with Crippen LogP contribution in [0.1, 0.15) is 35.8 Å². The Kier molecular flexibility index (Phi) is 4.16. The smallest absolute Gasteiger partial charge is 0.298 e. The molecule has 0 N–H and O–H groups in total. The van der Waals surface area contributed by atoms with E-state index in [1.165, 1.54) is 5.56 Å². The van der Waals surface area contributed by atoms with E-state index >= 15 is 0 Å². The van der Waals surface area contributed by atoms with Crippen LogP contribution in [0.15, 0.2) is 45.9 Å². The number of anilines is 1. The van der Waals surface area contributed by atoms with E-state index in [2.05, 4.69) is 50.1 Å². The highest BCUT2D eigenvalue weighted by molar-refractivity contribution is 7.07. The average Bonchev–Trinajstić information content (AvgIpc) is 3.42. The van der Waals surface area contributed by atoms with Crippen molar-refractivity contribution in [3.8, 4) is 0 Å². The van der Waals surface area contributed by atoms with Crippen LogP contribution in [0, 0.1) is 6.92 Å². The zero-order valence-electron chi connectivity index (χ0n) is 15.2. The molecule has 0 bridgehead atoms. The highest BCUT2D eigenvalue weighted by Crippen LogP contribution is 2.31. The molecule has 0 amide bonds. The van der Waals surface area contributed by atoms with Crippen LogP contribution in [-0.4, -0.2) is 32.6 Å². The van der Waals surface area contributed by atoms with Gasteiger partial charge in [-0.3, -0.25) is 0 Å². The van der Waals surface area contributed by atoms with Gasteiger partial charge < -0.3 is 13.9 Å². The van der Waals surface area contributed by atoms with E-state index in [4.69, 9.17) is 9.40 Å². The molecule has 6 nitrogen and oxygen atoms in total. The molecule has 1 aliphatic rings. The van der Waals surface area contributed by atoms with Gasteiger partial charge in [-0.25, -0.2) is 9.97 Å². The highest BCUT2D eigenvalue weighted by atomic mass is 32.1. The molecular weight excluding hydrogens is 358 g/mol. The Morgan fingerprint density at radius 1 is 1.30 bits per heavy atom. The first kappa shape index (κ1) is 16.5. The summed E-state index contributed by atoms with van der Waals surface area (Å²) in [6.45, 7) is 4.69. The van der Waals surface area contributed by atoms with E-state index < -0.39 is 0 Å². The summed E-state index contributed by atoms with van der Waals surface area (Å²) in [6.07, 6.45) is 6.18. The van der Waals surface area contributed by atoms with E-state index in [0.29, 0.717) is 5.92 Å². The monoisotopic (exact) mass is 379 g/mol. The van der Waals surface area contributed by atoms with E-state index in [1.807, 2.05) is 17.8 Å². The van der Waals surface area contributed by atoms with Gasteiger partial charge in [-0.2, -0.15) is 4.98 Å². The summed E-state index contributed by atoms with van der Waals surface area (Å²) in [5.41, 5.74) is 5.94. The van der Waals surface area contributed by atoms with Crippen molar-refractivity contribution in [3.63, 3.8) is 0 Å². The molecule has 0 aliphatic carbocycles. The van der Waals surface area contributed by atoms with Crippen molar-refractivity contribution in [2.45, 2.75) is 32.2 Å². The van der Waals surface area contributed by atoms with Crippen molar-refractivity contribution in [1.82, 2.24) is 19.5 Å². The molecule has 1 aromatic carbocycles. The number of hydrogen-bond acceptors (Lipinski definition) is 6. The molecule has 4 aromatic rings. The van der Waals surface area contributed by atoms with Gasteiger partial charge in [-0.05, 0) is 37.5 Å². The maximum Gasteiger partial charge on any atom is 0.298 e. The quantitative estimate of drug-likeness (QED) is 0.531. The first-order valence-electron chi connectivity index (χ1n) is 9.26. The predicted molar refractivity (Wildman–Crippen MR) is 106 cm³/mol. The van der Waals surface area contributed by atoms with Crippen LogP contribution in [0.3, 0.4) is 0 Å². The van der Waals surface area contributed by atoms with E-state index in [0.717, 1.165) is 61.1 Å². The van der Waals surface area contributed by atoms with Crippen molar-refractivity contribution in [2.75, 3.05) is 18.0 Å². The summed E-state index contributed by atoms with van der Waals surface area (Å²) in [4.78, 5) is 16.0. The van der Waals surface area contributed by atoms with Crippen molar-refractivity contribution in [2.24, 2.45) is 0 Å². The first-order valence-corrected chi connectivity index (χ1v) is 10.2. The summed E-state index contributed by atoms with van der Waals surface area (Å²) in [5, 5.41) is 2.09. The molecule has 0 unspecified atom stereocenters. The maximum atomic E-state index is 6.02. The normalized spacial score (nSPS) is 17.7. The van der Waals surface area contributed by atoms with Crippen LogP contribution in [0.5, 0.6) is 0 Å². The lowest BCUT2D eigenvalue weighted by molar-refractivity contribution is 0.447. The SMILES string of the molecule is Cc1ccc2oc(N3CCC[C@@H](c4nccn4Cc4cscn4)C3)nc2c1. The van der Waals surface area contributed by atoms with Gasteiger partial charge in [0.2, 0.25) is 0 Å². The van der Waals surface area contributed by atoms with Gasteiger partial charge >= 0.3 is 0 Å². The fourth-order valence-electron chi connectivity index (χ4n) is 3.83. The minimum Gasteiger partial charge on any atom is -0.423 e. The minimum absolute atomic E-state index is 0.365. The molecule has 27 heavy (non-hydrogen) atoms. The minimum atomic E-state index is 0.365. The number of oxazole rings is 1. The van der Waals surface area contributed by atoms with Gasteiger partial charge in [-0.15, -0.1) is 11.3 Å². The standard InChI is InChI=1S/C20H21N5OS/c1-14-4-5-18-17(9-14)23-20(26-18)25-7-2-3-15(10-25)19-21-6-8-24(19)11-16-12-27-13-22-16/h4-6,8-9,12-13,15H,2-3,7,10-11H2,1H3/t15-/m1/s1. The van der Waals surface area contributed by atoms with Crippen LogP contribution in [0.2, 0.25) is 0 Å². The number of piperidine rings is 1. The first-order chi connectivity index (χ1) is 13.3. The number of hydrogen-bond donors (Lipinski definition) is 0. The third-order valence-electron chi connectivity index (χ3n) is 5.15. The van der Waals surface area contributed by atoms with Crippen LogP contribution < -0.4 is 4.90 Å². The molecule has 1 atom stereocenters. The van der Waals surface area contributed by atoms with E-state index in [-0.39, 0.29) is 0 Å². The third-order valence-corrected chi connectivity index (χ3v) is 5.79. The fraction of sp³-hybridized carbons (Fsp3) is 0.350. The lowest BCUT2D eigenvalue weighted by Crippen LogP contribution is -2.35. The Bertz CT molecular complexity index is 1050.